The van der Waals surface area contributed by atoms with Gasteiger partial charge >= 0.3 is 0 Å². The molecule has 0 spiro atoms. The lowest BCUT2D eigenvalue weighted by atomic mass is 10.1. The number of aryl methyl sites for hydroxylation is 1. The maximum Gasteiger partial charge on any atom is 0.220 e. The van der Waals surface area contributed by atoms with E-state index in [4.69, 9.17) is 51.1 Å². The average Bonchev–Trinajstić information content (AvgIpc) is 3.20. The average molecular weight is 584 g/mol. The Hall–Kier alpha value is -2.49. The molecule has 1 heterocycles. The molecule has 12 heteroatoms. The number of halogens is 4. The van der Waals surface area contributed by atoms with Gasteiger partial charge in [0.05, 0.1) is 15.1 Å². The van der Waals surface area contributed by atoms with Crippen LogP contribution in [0.4, 0.5) is 0 Å². The SMILES string of the molecule is Cc1nnc(S[C@H](C[N+](=O)[O-])c2ccc(OCc3ccc(Cl)c(Cl)c3)c(Cl)c2)n1-c1ccc(Cl)cc1. The molecular weight excluding hydrogens is 566 g/mol. The summed E-state index contributed by atoms with van der Waals surface area (Å²) in [5.41, 5.74) is 2.28. The second-order valence-corrected chi connectivity index (χ2v) is 10.5. The van der Waals surface area contributed by atoms with Crippen LogP contribution in [0.5, 0.6) is 5.75 Å². The number of nitrogens with zero attached hydrogens (tertiary/aromatic N) is 4. The normalized spacial score (nSPS) is 11.9. The molecule has 0 radical (unpaired) electrons. The highest BCUT2D eigenvalue weighted by molar-refractivity contribution is 7.99. The Bertz CT molecular complexity index is 1400. The number of hydrogen-bond acceptors (Lipinski definition) is 6. The zero-order chi connectivity index (χ0) is 25.8. The lowest BCUT2D eigenvalue weighted by molar-refractivity contribution is -0.479. The Morgan fingerprint density at radius 3 is 2.39 bits per heavy atom. The molecule has 0 aliphatic carbocycles. The van der Waals surface area contributed by atoms with Crippen molar-refractivity contribution in [2.45, 2.75) is 23.9 Å². The first-order valence-electron chi connectivity index (χ1n) is 10.5. The van der Waals surface area contributed by atoms with Crippen LogP contribution in [0.25, 0.3) is 5.69 Å². The number of aromatic nitrogens is 3. The Balaban J connectivity index is 1.56. The van der Waals surface area contributed by atoms with Crippen LogP contribution in [0.1, 0.15) is 22.2 Å². The van der Waals surface area contributed by atoms with Gasteiger partial charge in [0.1, 0.15) is 23.4 Å². The molecule has 0 N–H and O–H groups in total. The van der Waals surface area contributed by atoms with Gasteiger partial charge in [-0.05, 0) is 66.6 Å². The fraction of sp³-hybridized carbons (Fsp3) is 0.167. The van der Waals surface area contributed by atoms with Gasteiger partial charge < -0.3 is 4.74 Å². The molecule has 0 saturated heterocycles. The zero-order valence-corrected chi connectivity index (χ0v) is 22.5. The van der Waals surface area contributed by atoms with E-state index in [0.29, 0.717) is 42.4 Å². The van der Waals surface area contributed by atoms with Crippen molar-refractivity contribution >= 4 is 58.2 Å². The number of thioether (sulfide) groups is 1. The first kappa shape index (κ1) is 26.6. The van der Waals surface area contributed by atoms with Gasteiger partial charge in [-0.3, -0.25) is 14.7 Å². The summed E-state index contributed by atoms with van der Waals surface area (Å²) >= 11 is 25.8. The van der Waals surface area contributed by atoms with E-state index in [1.807, 2.05) is 23.6 Å². The quantitative estimate of drug-likeness (QED) is 0.113. The highest BCUT2D eigenvalue weighted by Gasteiger charge is 2.24. The van der Waals surface area contributed by atoms with Crippen molar-refractivity contribution in [1.82, 2.24) is 14.8 Å². The van der Waals surface area contributed by atoms with E-state index in [9.17, 15) is 10.1 Å². The van der Waals surface area contributed by atoms with Gasteiger partial charge in [-0.15, -0.1) is 10.2 Å². The van der Waals surface area contributed by atoms with E-state index >= 15 is 0 Å². The summed E-state index contributed by atoms with van der Waals surface area (Å²) in [4.78, 5) is 11.1. The van der Waals surface area contributed by atoms with Gasteiger partial charge in [-0.1, -0.05) is 70.3 Å². The minimum Gasteiger partial charge on any atom is -0.487 e. The van der Waals surface area contributed by atoms with Crippen LogP contribution in [0, 0.1) is 17.0 Å². The van der Waals surface area contributed by atoms with Gasteiger partial charge in [-0.25, -0.2) is 0 Å². The van der Waals surface area contributed by atoms with Gasteiger partial charge in [0.25, 0.3) is 0 Å². The van der Waals surface area contributed by atoms with Crippen LogP contribution in [-0.4, -0.2) is 26.2 Å². The third-order valence-corrected chi connectivity index (χ3v) is 7.62. The van der Waals surface area contributed by atoms with Crippen LogP contribution >= 0.6 is 58.2 Å². The van der Waals surface area contributed by atoms with Crippen molar-refractivity contribution in [3.05, 3.63) is 108 Å². The number of benzene rings is 3. The van der Waals surface area contributed by atoms with Crippen molar-refractivity contribution in [3.8, 4) is 11.4 Å². The fourth-order valence-electron chi connectivity index (χ4n) is 3.40. The molecule has 7 nitrogen and oxygen atoms in total. The maximum atomic E-state index is 11.5. The predicted octanol–water partition coefficient (Wildman–Crippen LogP) is 7.88. The summed E-state index contributed by atoms with van der Waals surface area (Å²) in [6, 6.07) is 17.5. The molecule has 3 aromatic carbocycles. The third-order valence-electron chi connectivity index (χ3n) is 5.15. The first-order chi connectivity index (χ1) is 17.2. The Labute approximate surface area is 231 Å². The lowest BCUT2D eigenvalue weighted by Crippen LogP contribution is -2.11. The minimum absolute atomic E-state index is 0.229. The van der Waals surface area contributed by atoms with E-state index in [2.05, 4.69) is 10.2 Å². The van der Waals surface area contributed by atoms with Crippen molar-refractivity contribution in [1.29, 1.82) is 0 Å². The van der Waals surface area contributed by atoms with Crippen molar-refractivity contribution in [2.75, 3.05) is 6.54 Å². The van der Waals surface area contributed by atoms with Crippen LogP contribution in [0.3, 0.4) is 0 Å². The first-order valence-corrected chi connectivity index (χ1v) is 12.9. The number of nitro groups is 1. The third kappa shape index (κ3) is 6.44. The summed E-state index contributed by atoms with van der Waals surface area (Å²) in [6.07, 6.45) is 0. The molecule has 0 aliphatic heterocycles. The van der Waals surface area contributed by atoms with Crippen molar-refractivity contribution in [3.63, 3.8) is 0 Å². The molecular formula is C24H18Cl4N4O3S. The molecule has 0 saturated carbocycles. The second kappa shape index (κ2) is 11.7. The van der Waals surface area contributed by atoms with E-state index in [-0.39, 0.29) is 18.1 Å². The van der Waals surface area contributed by atoms with E-state index in [1.54, 1.807) is 48.5 Å². The molecule has 0 fully saturated rings. The van der Waals surface area contributed by atoms with Crippen LogP contribution in [-0.2, 0) is 6.61 Å². The molecule has 4 rings (SSSR count). The Kier molecular flexibility index (Phi) is 8.64. The Morgan fingerprint density at radius 2 is 1.72 bits per heavy atom. The largest absolute Gasteiger partial charge is 0.487 e. The zero-order valence-electron chi connectivity index (χ0n) is 18.7. The van der Waals surface area contributed by atoms with Crippen LogP contribution < -0.4 is 4.74 Å². The number of rotatable bonds is 9. The maximum absolute atomic E-state index is 11.5. The predicted molar refractivity (Wildman–Crippen MR) is 144 cm³/mol. The summed E-state index contributed by atoms with van der Waals surface area (Å²) in [5, 5.41) is 21.7. The van der Waals surface area contributed by atoms with E-state index in [0.717, 1.165) is 11.3 Å². The molecule has 1 aromatic heterocycles. The summed E-state index contributed by atoms with van der Waals surface area (Å²) in [6.45, 7) is 1.70. The number of ether oxygens (including phenoxy) is 1. The van der Waals surface area contributed by atoms with Crippen molar-refractivity contribution < 1.29 is 9.66 Å². The summed E-state index contributed by atoms with van der Waals surface area (Å²) in [7, 11) is 0. The summed E-state index contributed by atoms with van der Waals surface area (Å²) < 4.78 is 7.65. The molecule has 0 unspecified atom stereocenters. The van der Waals surface area contributed by atoms with E-state index in [1.165, 1.54) is 11.8 Å². The van der Waals surface area contributed by atoms with Gasteiger partial charge in [0.2, 0.25) is 6.54 Å². The van der Waals surface area contributed by atoms with Gasteiger partial charge in [0.15, 0.2) is 5.16 Å². The molecule has 36 heavy (non-hydrogen) atoms. The lowest BCUT2D eigenvalue weighted by Gasteiger charge is -2.16. The molecule has 186 valence electrons. The highest BCUT2D eigenvalue weighted by Crippen LogP contribution is 2.39. The topological polar surface area (TPSA) is 83.1 Å². The molecule has 0 bridgehead atoms. The smallest absolute Gasteiger partial charge is 0.220 e. The van der Waals surface area contributed by atoms with Gasteiger partial charge in [-0.2, -0.15) is 0 Å². The van der Waals surface area contributed by atoms with Crippen LogP contribution in [0.15, 0.2) is 65.8 Å². The molecule has 0 aliphatic rings. The van der Waals surface area contributed by atoms with E-state index < -0.39 is 5.25 Å². The van der Waals surface area contributed by atoms with Gasteiger partial charge in [0, 0.05) is 15.6 Å². The Morgan fingerprint density at radius 1 is 0.972 bits per heavy atom. The fourth-order valence-corrected chi connectivity index (χ4v) is 5.26. The minimum atomic E-state index is -0.573. The molecule has 4 aromatic rings. The van der Waals surface area contributed by atoms with Crippen LogP contribution in [0.2, 0.25) is 20.1 Å². The van der Waals surface area contributed by atoms with Crippen molar-refractivity contribution in [2.24, 2.45) is 0 Å². The molecule has 0 amide bonds. The monoisotopic (exact) mass is 582 g/mol. The standard InChI is InChI=1S/C24H18Cl4N4O3S/c1-14-29-30-24(32(14)18-6-4-17(25)5-7-18)36-23(12-31(33)34)16-3-9-22(21(28)11-16)35-13-15-2-8-19(26)20(27)10-15/h2-11,23H,12-13H2,1H3/t23-/m1/s1. The summed E-state index contributed by atoms with van der Waals surface area (Å²) in [5.74, 6) is 1.08. The number of hydrogen-bond donors (Lipinski definition) is 0. The second-order valence-electron chi connectivity index (χ2n) is 7.69. The molecule has 1 atom stereocenters. The highest BCUT2D eigenvalue weighted by atomic mass is 35.5.